The van der Waals surface area contributed by atoms with Crippen molar-refractivity contribution < 1.29 is 4.74 Å². The van der Waals surface area contributed by atoms with Crippen molar-refractivity contribution in [2.24, 2.45) is 0 Å². The van der Waals surface area contributed by atoms with Crippen LogP contribution in [-0.2, 0) is 0 Å². The van der Waals surface area contributed by atoms with Gasteiger partial charge in [0.15, 0.2) is 11.6 Å². The topological polar surface area (TPSA) is 28.6 Å². The molecule has 1 aromatic rings. The number of rotatable bonds is 5. The Morgan fingerprint density at radius 2 is 2.21 bits per heavy atom. The molecule has 0 spiro atoms. The summed E-state index contributed by atoms with van der Waals surface area (Å²) in [7, 11) is 0. The molecule has 1 saturated heterocycles. The van der Waals surface area contributed by atoms with Crippen molar-refractivity contribution in [3.8, 4) is 5.75 Å². The fraction of sp³-hybridized carbons (Fsp3) is 0.643. The molecule has 0 amide bonds. The van der Waals surface area contributed by atoms with Gasteiger partial charge >= 0.3 is 0 Å². The SMILES string of the molecule is CCOc1cccnc1N1CCCN(CCBr)CC1. The van der Waals surface area contributed by atoms with Gasteiger partial charge in [-0.15, -0.1) is 0 Å². The van der Waals surface area contributed by atoms with E-state index >= 15 is 0 Å². The fourth-order valence-electron chi connectivity index (χ4n) is 2.41. The molecule has 0 aromatic carbocycles. The van der Waals surface area contributed by atoms with Gasteiger partial charge in [-0.3, -0.25) is 0 Å². The number of nitrogens with zero attached hydrogens (tertiary/aromatic N) is 3. The Balaban J connectivity index is 2.05. The van der Waals surface area contributed by atoms with Crippen molar-refractivity contribution in [3.63, 3.8) is 0 Å². The molecular weight excluding hydrogens is 306 g/mol. The molecule has 0 aliphatic carbocycles. The Morgan fingerprint density at radius 3 is 3.00 bits per heavy atom. The van der Waals surface area contributed by atoms with Crippen LogP contribution in [0.1, 0.15) is 13.3 Å². The summed E-state index contributed by atoms with van der Waals surface area (Å²) >= 11 is 3.51. The minimum Gasteiger partial charge on any atom is -0.490 e. The third-order valence-electron chi connectivity index (χ3n) is 3.34. The Hall–Kier alpha value is -0.810. The van der Waals surface area contributed by atoms with E-state index in [4.69, 9.17) is 4.74 Å². The van der Waals surface area contributed by atoms with Gasteiger partial charge in [-0.1, -0.05) is 15.9 Å². The van der Waals surface area contributed by atoms with Gasteiger partial charge in [-0.25, -0.2) is 4.98 Å². The van der Waals surface area contributed by atoms with Crippen molar-refractivity contribution >= 4 is 21.7 Å². The Kier molecular flexibility index (Phi) is 5.92. The predicted molar refractivity (Wildman–Crippen MR) is 82.5 cm³/mol. The highest BCUT2D eigenvalue weighted by Gasteiger charge is 2.18. The maximum atomic E-state index is 5.68. The Morgan fingerprint density at radius 1 is 1.32 bits per heavy atom. The molecule has 0 radical (unpaired) electrons. The van der Waals surface area contributed by atoms with Crippen molar-refractivity contribution in [3.05, 3.63) is 18.3 Å². The third-order valence-corrected chi connectivity index (χ3v) is 3.69. The highest BCUT2D eigenvalue weighted by Crippen LogP contribution is 2.26. The number of hydrogen-bond donors (Lipinski definition) is 0. The molecule has 2 rings (SSSR count). The molecule has 0 N–H and O–H groups in total. The minimum atomic E-state index is 0.683. The van der Waals surface area contributed by atoms with Crippen molar-refractivity contribution in [2.75, 3.05) is 49.6 Å². The first-order valence-corrected chi connectivity index (χ1v) is 8.08. The van der Waals surface area contributed by atoms with Crippen molar-refractivity contribution in [1.82, 2.24) is 9.88 Å². The van der Waals surface area contributed by atoms with Crippen molar-refractivity contribution in [2.45, 2.75) is 13.3 Å². The van der Waals surface area contributed by atoms with Gasteiger partial charge in [-0.05, 0) is 32.0 Å². The van der Waals surface area contributed by atoms with Gasteiger partial charge in [-0.2, -0.15) is 0 Å². The molecule has 106 valence electrons. The van der Waals surface area contributed by atoms with Gasteiger partial charge in [0.1, 0.15) is 0 Å². The summed E-state index contributed by atoms with van der Waals surface area (Å²) in [4.78, 5) is 9.35. The van der Waals surface area contributed by atoms with Gasteiger partial charge < -0.3 is 14.5 Å². The van der Waals surface area contributed by atoms with Crippen LogP contribution in [0.3, 0.4) is 0 Å². The first-order chi connectivity index (χ1) is 9.35. The van der Waals surface area contributed by atoms with Crippen LogP contribution in [-0.4, -0.2) is 54.5 Å². The second kappa shape index (κ2) is 7.70. The summed E-state index contributed by atoms with van der Waals surface area (Å²) in [5, 5.41) is 1.04. The molecule has 1 aliphatic rings. The summed E-state index contributed by atoms with van der Waals surface area (Å²) < 4.78 is 5.68. The van der Waals surface area contributed by atoms with E-state index in [1.165, 1.54) is 13.0 Å². The molecule has 0 atom stereocenters. The van der Waals surface area contributed by atoms with Crippen LogP contribution in [0.15, 0.2) is 18.3 Å². The quantitative estimate of drug-likeness (QED) is 0.776. The second-order valence-corrected chi connectivity index (χ2v) is 5.42. The van der Waals surface area contributed by atoms with Crippen LogP contribution in [0.5, 0.6) is 5.75 Å². The number of pyridine rings is 1. The lowest BCUT2D eigenvalue weighted by molar-refractivity contribution is 0.313. The van der Waals surface area contributed by atoms with Gasteiger partial charge in [0.2, 0.25) is 0 Å². The van der Waals surface area contributed by atoms with E-state index in [1.807, 2.05) is 25.3 Å². The standard InChI is InChI=1S/C14H22BrN3O/c1-2-19-13-5-3-7-16-14(13)18-9-4-8-17(10-6-15)11-12-18/h3,5,7H,2,4,6,8-12H2,1H3. The number of aromatic nitrogens is 1. The van der Waals surface area contributed by atoms with Crippen LogP contribution in [0.2, 0.25) is 0 Å². The van der Waals surface area contributed by atoms with Crippen LogP contribution in [0.25, 0.3) is 0 Å². The highest BCUT2D eigenvalue weighted by atomic mass is 79.9. The number of halogens is 1. The molecular formula is C14H22BrN3O. The molecule has 1 fully saturated rings. The van der Waals surface area contributed by atoms with Crippen LogP contribution >= 0.6 is 15.9 Å². The number of hydrogen-bond acceptors (Lipinski definition) is 4. The molecule has 1 aromatic heterocycles. The molecule has 2 heterocycles. The fourth-order valence-corrected chi connectivity index (χ4v) is 2.92. The monoisotopic (exact) mass is 327 g/mol. The van der Waals surface area contributed by atoms with Gasteiger partial charge in [0.05, 0.1) is 6.61 Å². The number of anilines is 1. The van der Waals surface area contributed by atoms with Crippen molar-refractivity contribution in [1.29, 1.82) is 0 Å². The lowest BCUT2D eigenvalue weighted by atomic mass is 10.3. The summed E-state index contributed by atoms with van der Waals surface area (Å²) in [6.45, 7) is 8.14. The summed E-state index contributed by atoms with van der Waals surface area (Å²) in [6, 6.07) is 3.94. The third kappa shape index (κ3) is 4.08. The molecule has 0 unspecified atom stereocenters. The lowest BCUT2D eigenvalue weighted by Gasteiger charge is -2.24. The summed E-state index contributed by atoms with van der Waals surface area (Å²) in [5.74, 6) is 1.89. The number of alkyl halides is 1. The van der Waals surface area contributed by atoms with Crippen LogP contribution < -0.4 is 9.64 Å². The molecule has 0 bridgehead atoms. The Bertz CT molecular complexity index is 389. The van der Waals surface area contributed by atoms with E-state index < -0.39 is 0 Å². The number of ether oxygens (including phenoxy) is 1. The van der Waals surface area contributed by atoms with E-state index in [0.717, 1.165) is 43.1 Å². The van der Waals surface area contributed by atoms with E-state index in [9.17, 15) is 0 Å². The first-order valence-electron chi connectivity index (χ1n) is 6.96. The zero-order valence-electron chi connectivity index (χ0n) is 11.5. The zero-order chi connectivity index (χ0) is 13.5. The molecule has 19 heavy (non-hydrogen) atoms. The van der Waals surface area contributed by atoms with Crippen LogP contribution in [0.4, 0.5) is 5.82 Å². The average Bonchev–Trinajstić information content (AvgIpc) is 2.66. The molecule has 5 heteroatoms. The summed E-state index contributed by atoms with van der Waals surface area (Å²) in [6.07, 6.45) is 3.02. The molecule has 4 nitrogen and oxygen atoms in total. The van der Waals surface area contributed by atoms with E-state index in [2.05, 4.69) is 30.7 Å². The van der Waals surface area contributed by atoms with Crippen LogP contribution in [0, 0.1) is 0 Å². The molecule has 0 saturated carbocycles. The summed E-state index contributed by atoms with van der Waals surface area (Å²) in [5.41, 5.74) is 0. The van der Waals surface area contributed by atoms with Gasteiger partial charge in [0.25, 0.3) is 0 Å². The lowest BCUT2D eigenvalue weighted by Crippen LogP contribution is -2.32. The first kappa shape index (κ1) is 14.6. The van der Waals surface area contributed by atoms with E-state index in [0.29, 0.717) is 6.61 Å². The predicted octanol–water partition coefficient (Wildman–Crippen LogP) is 2.39. The maximum Gasteiger partial charge on any atom is 0.171 e. The maximum absolute atomic E-state index is 5.68. The molecule has 1 aliphatic heterocycles. The highest BCUT2D eigenvalue weighted by molar-refractivity contribution is 9.09. The smallest absolute Gasteiger partial charge is 0.171 e. The zero-order valence-corrected chi connectivity index (χ0v) is 13.1. The Labute approximate surface area is 123 Å². The minimum absolute atomic E-state index is 0.683. The van der Waals surface area contributed by atoms with E-state index in [1.54, 1.807) is 0 Å². The average molecular weight is 328 g/mol. The van der Waals surface area contributed by atoms with E-state index in [-0.39, 0.29) is 0 Å². The van der Waals surface area contributed by atoms with Gasteiger partial charge in [0, 0.05) is 37.7 Å². The second-order valence-electron chi connectivity index (χ2n) is 4.63. The largest absolute Gasteiger partial charge is 0.490 e. The normalized spacial score (nSPS) is 17.3.